The standard InChI is InChI=1S/C21H23N3O4/c1-27-16-8-6-15(7-9-16)17-4-2-3-5-18(17)23-19(25)24-12-10-21(11-13-24)14-22-20(26)28-21/h2-9H,10-14H2,1H3,(H,22,26)(H,23,25). The van der Waals surface area contributed by atoms with E-state index in [2.05, 4.69) is 10.6 Å². The normalized spacial score (nSPS) is 17.8. The SMILES string of the molecule is COc1ccc(-c2ccccc2NC(=O)N2CCC3(CC2)CNC(=O)O3)cc1. The van der Waals surface area contributed by atoms with Crippen molar-refractivity contribution in [3.8, 4) is 16.9 Å². The number of amides is 3. The van der Waals surface area contributed by atoms with Gasteiger partial charge in [0.05, 0.1) is 19.3 Å². The molecule has 2 heterocycles. The van der Waals surface area contributed by atoms with Crippen molar-refractivity contribution >= 4 is 17.8 Å². The van der Waals surface area contributed by atoms with Crippen LogP contribution in [0.25, 0.3) is 11.1 Å². The molecule has 4 rings (SSSR count). The lowest BCUT2D eigenvalue weighted by molar-refractivity contribution is 0.0110. The first-order valence-electron chi connectivity index (χ1n) is 9.35. The molecule has 0 bridgehead atoms. The number of methoxy groups -OCH3 is 1. The van der Waals surface area contributed by atoms with Crippen molar-refractivity contribution in [1.82, 2.24) is 10.2 Å². The average molecular weight is 381 g/mol. The number of nitrogens with one attached hydrogen (secondary N) is 2. The number of carbonyl (C=O) groups excluding carboxylic acids is 2. The van der Waals surface area contributed by atoms with Gasteiger partial charge in [0, 0.05) is 31.5 Å². The van der Waals surface area contributed by atoms with Gasteiger partial charge in [0.15, 0.2) is 0 Å². The van der Waals surface area contributed by atoms with Crippen LogP contribution >= 0.6 is 0 Å². The van der Waals surface area contributed by atoms with Crippen molar-refractivity contribution in [3.05, 3.63) is 48.5 Å². The molecule has 2 fully saturated rings. The predicted molar refractivity (Wildman–Crippen MR) is 105 cm³/mol. The number of nitrogens with zero attached hydrogens (tertiary/aromatic N) is 1. The summed E-state index contributed by atoms with van der Waals surface area (Å²) in [6.07, 6.45) is 0.907. The van der Waals surface area contributed by atoms with Crippen LogP contribution in [0.1, 0.15) is 12.8 Å². The van der Waals surface area contributed by atoms with Gasteiger partial charge in [-0.25, -0.2) is 9.59 Å². The Kier molecular flexibility index (Phi) is 4.81. The Morgan fingerprint density at radius 1 is 1.14 bits per heavy atom. The number of carbonyl (C=O) groups is 2. The molecule has 0 atom stereocenters. The van der Waals surface area contributed by atoms with E-state index in [0.29, 0.717) is 32.5 Å². The fourth-order valence-electron chi connectivity index (χ4n) is 3.71. The van der Waals surface area contributed by atoms with E-state index in [9.17, 15) is 9.59 Å². The zero-order chi connectivity index (χ0) is 19.6. The summed E-state index contributed by atoms with van der Waals surface area (Å²) >= 11 is 0. The molecule has 0 unspecified atom stereocenters. The first-order chi connectivity index (χ1) is 13.6. The Morgan fingerprint density at radius 2 is 1.86 bits per heavy atom. The molecule has 7 heteroatoms. The summed E-state index contributed by atoms with van der Waals surface area (Å²) in [6.45, 7) is 1.61. The smallest absolute Gasteiger partial charge is 0.407 e. The fourth-order valence-corrected chi connectivity index (χ4v) is 3.71. The summed E-state index contributed by atoms with van der Waals surface area (Å²) in [5.74, 6) is 0.787. The molecule has 0 aromatic heterocycles. The second-order valence-electron chi connectivity index (χ2n) is 7.12. The first kappa shape index (κ1) is 18.2. The Labute approximate surface area is 163 Å². The lowest BCUT2D eigenvalue weighted by Gasteiger charge is -2.37. The maximum Gasteiger partial charge on any atom is 0.407 e. The summed E-state index contributed by atoms with van der Waals surface area (Å²) in [4.78, 5) is 25.9. The number of rotatable bonds is 3. The third kappa shape index (κ3) is 3.60. The Hall–Kier alpha value is -3.22. The first-order valence-corrected chi connectivity index (χ1v) is 9.35. The molecule has 3 amide bonds. The minimum Gasteiger partial charge on any atom is -0.497 e. The van der Waals surface area contributed by atoms with Gasteiger partial charge in [0.1, 0.15) is 11.4 Å². The van der Waals surface area contributed by atoms with Crippen LogP contribution in [0.3, 0.4) is 0 Å². The highest BCUT2D eigenvalue weighted by atomic mass is 16.6. The number of benzene rings is 2. The minimum absolute atomic E-state index is 0.145. The van der Waals surface area contributed by atoms with Gasteiger partial charge in [-0.1, -0.05) is 30.3 Å². The lowest BCUT2D eigenvalue weighted by atomic mass is 9.92. The largest absolute Gasteiger partial charge is 0.497 e. The number of hydrogen-bond donors (Lipinski definition) is 2. The van der Waals surface area contributed by atoms with Crippen LogP contribution in [0.5, 0.6) is 5.75 Å². The number of para-hydroxylation sites is 1. The number of urea groups is 1. The van der Waals surface area contributed by atoms with Crippen molar-refractivity contribution in [2.75, 3.05) is 32.1 Å². The molecule has 0 aliphatic carbocycles. The van der Waals surface area contributed by atoms with Crippen LogP contribution < -0.4 is 15.4 Å². The number of piperidine rings is 1. The van der Waals surface area contributed by atoms with E-state index in [1.165, 1.54) is 0 Å². The molecule has 0 radical (unpaired) electrons. The number of anilines is 1. The third-order valence-electron chi connectivity index (χ3n) is 5.40. The van der Waals surface area contributed by atoms with Gasteiger partial charge >= 0.3 is 12.1 Å². The van der Waals surface area contributed by atoms with E-state index < -0.39 is 5.60 Å². The molecule has 146 valence electrons. The van der Waals surface area contributed by atoms with Gasteiger partial charge in [-0.3, -0.25) is 0 Å². The maximum absolute atomic E-state index is 12.8. The van der Waals surface area contributed by atoms with Gasteiger partial charge in [0.2, 0.25) is 0 Å². The molecule has 2 saturated heterocycles. The second kappa shape index (κ2) is 7.42. The molecular formula is C21H23N3O4. The molecule has 2 aromatic carbocycles. The predicted octanol–water partition coefficient (Wildman–Crippen LogP) is 3.47. The highest BCUT2D eigenvalue weighted by Gasteiger charge is 2.43. The quantitative estimate of drug-likeness (QED) is 0.853. The number of hydrogen-bond acceptors (Lipinski definition) is 4. The molecule has 2 aliphatic heterocycles. The van der Waals surface area contributed by atoms with Gasteiger partial charge in [-0.15, -0.1) is 0 Å². The number of likely N-dealkylation sites (tertiary alicyclic amines) is 1. The van der Waals surface area contributed by atoms with Gasteiger partial charge < -0.3 is 25.0 Å². The molecule has 2 aromatic rings. The van der Waals surface area contributed by atoms with Crippen molar-refractivity contribution < 1.29 is 19.1 Å². The lowest BCUT2D eigenvalue weighted by Crippen LogP contribution is -2.49. The van der Waals surface area contributed by atoms with Crippen LogP contribution in [0, 0.1) is 0 Å². The van der Waals surface area contributed by atoms with Crippen LogP contribution in [-0.2, 0) is 4.74 Å². The summed E-state index contributed by atoms with van der Waals surface area (Å²) in [5, 5.41) is 5.74. The molecule has 28 heavy (non-hydrogen) atoms. The average Bonchev–Trinajstić information content (AvgIpc) is 3.09. The van der Waals surface area contributed by atoms with Crippen LogP contribution in [-0.4, -0.2) is 49.4 Å². The third-order valence-corrected chi connectivity index (χ3v) is 5.40. The van der Waals surface area contributed by atoms with E-state index in [-0.39, 0.29) is 12.1 Å². The van der Waals surface area contributed by atoms with E-state index >= 15 is 0 Å². The Morgan fingerprint density at radius 3 is 2.50 bits per heavy atom. The van der Waals surface area contributed by atoms with E-state index in [4.69, 9.17) is 9.47 Å². The summed E-state index contributed by atoms with van der Waals surface area (Å²) < 4.78 is 10.6. The number of ether oxygens (including phenoxy) is 2. The molecule has 7 nitrogen and oxygen atoms in total. The zero-order valence-corrected chi connectivity index (χ0v) is 15.7. The topological polar surface area (TPSA) is 79.9 Å². The summed E-state index contributed by atoms with van der Waals surface area (Å²) in [7, 11) is 1.63. The summed E-state index contributed by atoms with van der Waals surface area (Å²) in [5.41, 5.74) is 2.24. The Bertz CT molecular complexity index is 873. The van der Waals surface area contributed by atoms with Crippen molar-refractivity contribution in [1.29, 1.82) is 0 Å². The molecule has 2 aliphatic rings. The Balaban J connectivity index is 1.44. The van der Waals surface area contributed by atoms with Crippen molar-refractivity contribution in [3.63, 3.8) is 0 Å². The summed E-state index contributed by atoms with van der Waals surface area (Å²) in [6, 6.07) is 15.3. The minimum atomic E-state index is -0.463. The highest BCUT2D eigenvalue weighted by molar-refractivity contribution is 5.94. The molecular weight excluding hydrogens is 358 g/mol. The second-order valence-corrected chi connectivity index (χ2v) is 7.12. The van der Waals surface area contributed by atoms with Gasteiger partial charge in [-0.05, 0) is 23.8 Å². The van der Waals surface area contributed by atoms with E-state index in [1.807, 2.05) is 48.5 Å². The zero-order valence-electron chi connectivity index (χ0n) is 15.7. The number of alkyl carbamates (subject to hydrolysis) is 1. The van der Waals surface area contributed by atoms with E-state index in [1.54, 1.807) is 12.0 Å². The maximum atomic E-state index is 12.8. The van der Waals surface area contributed by atoms with Crippen LogP contribution in [0.15, 0.2) is 48.5 Å². The van der Waals surface area contributed by atoms with E-state index in [0.717, 1.165) is 22.6 Å². The monoisotopic (exact) mass is 381 g/mol. The molecule has 2 N–H and O–H groups in total. The van der Waals surface area contributed by atoms with Crippen LogP contribution in [0.2, 0.25) is 0 Å². The molecule has 0 saturated carbocycles. The van der Waals surface area contributed by atoms with Crippen molar-refractivity contribution in [2.45, 2.75) is 18.4 Å². The van der Waals surface area contributed by atoms with Gasteiger partial charge in [0.25, 0.3) is 0 Å². The van der Waals surface area contributed by atoms with Crippen molar-refractivity contribution in [2.24, 2.45) is 0 Å². The fraction of sp³-hybridized carbons (Fsp3) is 0.333. The molecule has 1 spiro atoms. The van der Waals surface area contributed by atoms with Crippen LogP contribution in [0.4, 0.5) is 15.3 Å². The van der Waals surface area contributed by atoms with Gasteiger partial charge in [-0.2, -0.15) is 0 Å². The highest BCUT2D eigenvalue weighted by Crippen LogP contribution is 2.31.